The summed E-state index contributed by atoms with van der Waals surface area (Å²) >= 11 is 0. The zero-order valence-electron chi connectivity index (χ0n) is 10.2. The minimum absolute atomic E-state index is 0.134. The van der Waals surface area contributed by atoms with Crippen LogP contribution < -0.4 is 14.8 Å². The molecule has 6 nitrogen and oxygen atoms in total. The number of hydrogen-bond acceptors (Lipinski definition) is 5. The Morgan fingerprint density at radius 2 is 2.22 bits per heavy atom. The fourth-order valence-electron chi connectivity index (χ4n) is 1.83. The van der Waals surface area contributed by atoms with E-state index in [2.05, 4.69) is 5.32 Å². The maximum absolute atomic E-state index is 10.8. The molecular weight excluding hydrogens is 238 g/mol. The van der Waals surface area contributed by atoms with E-state index < -0.39 is 18.2 Å². The minimum Gasteiger partial charge on any atom is -0.497 e. The smallest absolute Gasteiger partial charge is 0.323 e. The molecule has 0 bridgehead atoms. The van der Waals surface area contributed by atoms with Crippen molar-refractivity contribution in [2.45, 2.75) is 12.3 Å². The van der Waals surface area contributed by atoms with Crippen LogP contribution in [0.1, 0.15) is 11.8 Å². The highest BCUT2D eigenvalue weighted by Crippen LogP contribution is 2.32. The summed E-state index contributed by atoms with van der Waals surface area (Å²) in [6.07, 6.45) is -0.480. The molecule has 1 heterocycles. The van der Waals surface area contributed by atoms with Crippen LogP contribution in [-0.4, -0.2) is 37.9 Å². The largest absolute Gasteiger partial charge is 0.497 e. The molecule has 0 spiro atoms. The van der Waals surface area contributed by atoms with E-state index in [1.807, 2.05) is 0 Å². The molecule has 2 N–H and O–H groups in total. The first-order chi connectivity index (χ1) is 8.65. The van der Waals surface area contributed by atoms with Crippen molar-refractivity contribution < 1.29 is 24.1 Å². The Morgan fingerprint density at radius 1 is 1.44 bits per heavy atom. The molecular formula is C12H15NO5. The molecule has 1 aromatic rings. The molecule has 0 aliphatic carbocycles. The summed E-state index contributed by atoms with van der Waals surface area (Å²) in [6, 6.07) is 4.60. The Morgan fingerprint density at radius 3 is 2.78 bits per heavy atom. The van der Waals surface area contributed by atoms with E-state index in [-0.39, 0.29) is 6.61 Å². The zero-order valence-corrected chi connectivity index (χ0v) is 10.2. The van der Waals surface area contributed by atoms with Crippen molar-refractivity contribution in [2.75, 3.05) is 20.8 Å². The lowest BCUT2D eigenvalue weighted by Crippen LogP contribution is -2.33. The molecule has 2 unspecified atom stereocenters. The molecule has 0 amide bonds. The van der Waals surface area contributed by atoms with Gasteiger partial charge in [0.1, 0.15) is 23.8 Å². The van der Waals surface area contributed by atoms with Crippen LogP contribution in [-0.2, 0) is 9.53 Å². The van der Waals surface area contributed by atoms with Gasteiger partial charge in [0.25, 0.3) is 0 Å². The molecule has 0 saturated carbocycles. The van der Waals surface area contributed by atoms with Crippen molar-refractivity contribution in [3.8, 4) is 11.5 Å². The third-order valence-corrected chi connectivity index (χ3v) is 2.80. The molecule has 0 aromatic heterocycles. The van der Waals surface area contributed by atoms with Gasteiger partial charge >= 0.3 is 5.97 Å². The van der Waals surface area contributed by atoms with Crippen LogP contribution in [0.25, 0.3) is 0 Å². The lowest BCUT2D eigenvalue weighted by atomic mass is 10.1. The van der Waals surface area contributed by atoms with Crippen molar-refractivity contribution >= 4 is 5.97 Å². The Hall–Kier alpha value is -1.79. The van der Waals surface area contributed by atoms with Crippen molar-refractivity contribution in [1.82, 2.24) is 5.32 Å². The number of carboxylic acids is 1. The van der Waals surface area contributed by atoms with Crippen LogP contribution in [0.4, 0.5) is 0 Å². The van der Waals surface area contributed by atoms with Crippen LogP contribution in [0.2, 0.25) is 0 Å². The molecule has 2 rings (SSSR count). The SMILES string of the molecule is COc1ccc(C2NC(C(=O)O)CO2)c(OC)c1. The molecule has 18 heavy (non-hydrogen) atoms. The minimum atomic E-state index is -0.926. The molecule has 1 aliphatic heterocycles. The average molecular weight is 253 g/mol. The van der Waals surface area contributed by atoms with E-state index in [1.165, 1.54) is 0 Å². The Kier molecular flexibility index (Phi) is 3.69. The van der Waals surface area contributed by atoms with Gasteiger partial charge in [-0.25, -0.2) is 0 Å². The lowest BCUT2D eigenvalue weighted by Gasteiger charge is -2.15. The van der Waals surface area contributed by atoms with E-state index in [9.17, 15) is 4.79 Å². The number of aliphatic carboxylic acids is 1. The highest BCUT2D eigenvalue weighted by atomic mass is 16.5. The number of ether oxygens (including phenoxy) is 3. The standard InChI is InChI=1S/C12H15NO5/c1-16-7-3-4-8(10(5-7)17-2)11-13-9(6-18-11)12(14)15/h3-5,9,11,13H,6H2,1-2H3,(H,14,15). The quantitative estimate of drug-likeness (QED) is 0.825. The topological polar surface area (TPSA) is 77.0 Å². The number of nitrogens with one attached hydrogen (secondary N) is 1. The zero-order chi connectivity index (χ0) is 13.1. The van der Waals surface area contributed by atoms with Gasteiger partial charge in [-0.3, -0.25) is 10.1 Å². The van der Waals surface area contributed by atoms with Crippen molar-refractivity contribution in [1.29, 1.82) is 0 Å². The molecule has 1 aromatic carbocycles. The van der Waals surface area contributed by atoms with E-state index in [0.717, 1.165) is 5.56 Å². The maximum atomic E-state index is 10.8. The van der Waals surface area contributed by atoms with Crippen LogP contribution in [0.5, 0.6) is 11.5 Å². The van der Waals surface area contributed by atoms with Gasteiger partial charge in [-0.15, -0.1) is 0 Å². The third-order valence-electron chi connectivity index (χ3n) is 2.80. The first kappa shape index (κ1) is 12.7. The first-order valence-electron chi connectivity index (χ1n) is 5.48. The van der Waals surface area contributed by atoms with Crippen molar-refractivity contribution in [3.05, 3.63) is 23.8 Å². The molecule has 6 heteroatoms. The van der Waals surface area contributed by atoms with Crippen LogP contribution in [0.3, 0.4) is 0 Å². The first-order valence-corrected chi connectivity index (χ1v) is 5.48. The summed E-state index contributed by atoms with van der Waals surface area (Å²) in [5.74, 6) is 0.339. The highest BCUT2D eigenvalue weighted by Gasteiger charge is 2.32. The summed E-state index contributed by atoms with van der Waals surface area (Å²) in [5, 5.41) is 11.8. The number of carboxylic acid groups (broad SMARTS) is 1. The molecule has 98 valence electrons. The van der Waals surface area contributed by atoms with Gasteiger partial charge in [-0.1, -0.05) is 0 Å². The van der Waals surface area contributed by atoms with Gasteiger partial charge in [-0.2, -0.15) is 0 Å². The van der Waals surface area contributed by atoms with Crippen molar-refractivity contribution in [2.24, 2.45) is 0 Å². The number of rotatable bonds is 4. The monoisotopic (exact) mass is 253 g/mol. The molecule has 1 fully saturated rings. The second kappa shape index (κ2) is 5.24. The van der Waals surface area contributed by atoms with Gasteiger partial charge in [0.05, 0.1) is 20.8 Å². The lowest BCUT2D eigenvalue weighted by molar-refractivity contribution is -0.139. The Bertz CT molecular complexity index is 448. The normalized spacial score (nSPS) is 22.8. The van der Waals surface area contributed by atoms with E-state index >= 15 is 0 Å². The van der Waals surface area contributed by atoms with Crippen LogP contribution in [0, 0.1) is 0 Å². The van der Waals surface area contributed by atoms with Crippen molar-refractivity contribution in [3.63, 3.8) is 0 Å². The average Bonchev–Trinajstić information content (AvgIpc) is 2.87. The van der Waals surface area contributed by atoms with Crippen LogP contribution in [0.15, 0.2) is 18.2 Å². The van der Waals surface area contributed by atoms with E-state index in [1.54, 1.807) is 32.4 Å². The van der Waals surface area contributed by atoms with Gasteiger partial charge in [0, 0.05) is 11.6 Å². The number of hydrogen-bond donors (Lipinski definition) is 2. The van der Waals surface area contributed by atoms with E-state index in [0.29, 0.717) is 11.5 Å². The third kappa shape index (κ3) is 2.39. The summed E-state index contributed by atoms with van der Waals surface area (Å²) in [7, 11) is 3.11. The predicted molar refractivity (Wildman–Crippen MR) is 62.8 cm³/mol. The number of methoxy groups -OCH3 is 2. The highest BCUT2D eigenvalue weighted by molar-refractivity contribution is 5.74. The summed E-state index contributed by atoms with van der Waals surface area (Å²) in [6.45, 7) is 0.134. The van der Waals surface area contributed by atoms with Crippen LogP contribution >= 0.6 is 0 Å². The molecule has 2 atom stereocenters. The Balaban J connectivity index is 2.21. The van der Waals surface area contributed by atoms with Gasteiger partial charge < -0.3 is 19.3 Å². The molecule has 0 radical (unpaired) electrons. The second-order valence-electron chi connectivity index (χ2n) is 3.88. The number of carbonyl (C=O) groups is 1. The van der Waals surface area contributed by atoms with Gasteiger partial charge in [-0.05, 0) is 12.1 Å². The summed E-state index contributed by atoms with van der Waals surface area (Å²) in [4.78, 5) is 10.8. The number of benzene rings is 1. The molecule has 1 aliphatic rings. The summed E-state index contributed by atoms with van der Waals surface area (Å²) < 4.78 is 15.8. The fraction of sp³-hybridized carbons (Fsp3) is 0.417. The van der Waals surface area contributed by atoms with Gasteiger partial charge in [0.2, 0.25) is 0 Å². The molecule has 1 saturated heterocycles. The Labute approximate surface area is 104 Å². The fourth-order valence-corrected chi connectivity index (χ4v) is 1.83. The maximum Gasteiger partial charge on any atom is 0.323 e. The summed E-state index contributed by atoms with van der Waals surface area (Å²) in [5.41, 5.74) is 0.752. The van der Waals surface area contributed by atoms with Gasteiger partial charge in [0.15, 0.2) is 0 Å². The second-order valence-corrected chi connectivity index (χ2v) is 3.88. The van der Waals surface area contributed by atoms with E-state index in [4.69, 9.17) is 19.3 Å². The predicted octanol–water partition coefficient (Wildman–Crippen LogP) is 0.775.